The Bertz CT molecular complexity index is 592. The second kappa shape index (κ2) is 3.49. The fraction of sp³-hybridized carbons (Fsp3) is 0.154. The van der Waals surface area contributed by atoms with Gasteiger partial charge in [-0.15, -0.1) is 11.6 Å². The number of aromatic hydroxyl groups is 1. The number of hydrogen-bond donors (Lipinski definition) is 1. The number of halogens is 1. The van der Waals surface area contributed by atoms with Crippen molar-refractivity contribution in [3.63, 3.8) is 0 Å². The maximum absolute atomic E-state index is 9.89. The van der Waals surface area contributed by atoms with Crippen molar-refractivity contribution < 1.29 is 5.11 Å². The molecule has 1 aliphatic rings. The Morgan fingerprint density at radius 1 is 1.25 bits per heavy atom. The number of phenols is 1. The van der Waals surface area contributed by atoms with Gasteiger partial charge in [0.05, 0.1) is 5.69 Å². The summed E-state index contributed by atoms with van der Waals surface area (Å²) in [6.45, 7) is 0. The van der Waals surface area contributed by atoms with E-state index in [0.717, 1.165) is 22.0 Å². The third kappa shape index (κ3) is 1.23. The van der Waals surface area contributed by atoms with Gasteiger partial charge in [-0.05, 0) is 10.9 Å². The van der Waals surface area contributed by atoms with E-state index in [1.54, 1.807) is 6.07 Å². The van der Waals surface area contributed by atoms with Crippen LogP contribution in [-0.2, 0) is 0 Å². The molecule has 2 nitrogen and oxygen atoms in total. The molecule has 0 bridgehead atoms. The van der Waals surface area contributed by atoms with Gasteiger partial charge in [-0.2, -0.15) is 0 Å². The first-order chi connectivity index (χ1) is 7.81. The van der Waals surface area contributed by atoms with Gasteiger partial charge < -0.3 is 5.11 Å². The average Bonchev–Trinajstić information content (AvgIpc) is 2.72. The largest absolute Gasteiger partial charge is 0.507 e. The van der Waals surface area contributed by atoms with Crippen molar-refractivity contribution in [3.8, 4) is 5.75 Å². The molecule has 0 saturated heterocycles. The van der Waals surface area contributed by atoms with E-state index >= 15 is 0 Å². The number of hydrogen-bond acceptors (Lipinski definition) is 2. The van der Waals surface area contributed by atoms with Crippen molar-refractivity contribution in [2.75, 3.05) is 5.88 Å². The zero-order chi connectivity index (χ0) is 11.1. The summed E-state index contributed by atoms with van der Waals surface area (Å²) in [4.78, 5) is 4.29. The van der Waals surface area contributed by atoms with Crippen LogP contribution in [0.4, 0.5) is 5.69 Å². The van der Waals surface area contributed by atoms with Crippen molar-refractivity contribution in [1.29, 1.82) is 0 Å². The highest BCUT2D eigenvalue weighted by molar-refractivity contribution is 6.20. The zero-order valence-electron chi connectivity index (χ0n) is 8.52. The Hall–Kier alpha value is -1.54. The lowest BCUT2D eigenvalue weighted by Gasteiger charge is -2.10. The first kappa shape index (κ1) is 9.67. The van der Waals surface area contributed by atoms with E-state index in [0.29, 0.717) is 5.88 Å². The maximum Gasteiger partial charge on any atom is 0.125 e. The van der Waals surface area contributed by atoms with Gasteiger partial charge in [-0.1, -0.05) is 24.3 Å². The van der Waals surface area contributed by atoms with Crippen LogP contribution in [0.5, 0.6) is 5.75 Å². The molecule has 3 heteroatoms. The monoisotopic (exact) mass is 231 g/mol. The summed E-state index contributed by atoms with van der Waals surface area (Å²) < 4.78 is 0. The second-order valence-electron chi connectivity index (χ2n) is 3.91. The van der Waals surface area contributed by atoms with Crippen LogP contribution in [-0.4, -0.2) is 17.2 Å². The van der Waals surface area contributed by atoms with Crippen LogP contribution < -0.4 is 0 Å². The van der Waals surface area contributed by atoms with Crippen molar-refractivity contribution in [3.05, 3.63) is 35.9 Å². The van der Waals surface area contributed by atoms with Crippen LogP contribution in [0.1, 0.15) is 11.5 Å². The third-order valence-corrected chi connectivity index (χ3v) is 3.31. The van der Waals surface area contributed by atoms with Gasteiger partial charge in [0.1, 0.15) is 5.75 Å². The summed E-state index contributed by atoms with van der Waals surface area (Å²) >= 11 is 5.92. The van der Waals surface area contributed by atoms with Gasteiger partial charge in [0, 0.05) is 29.5 Å². The Morgan fingerprint density at radius 2 is 2.00 bits per heavy atom. The molecule has 0 aromatic heterocycles. The Labute approximate surface area is 98.2 Å². The molecule has 1 atom stereocenters. The number of nitrogens with zero attached hydrogens (tertiary/aromatic N) is 1. The SMILES string of the molecule is Oc1cc2c(c3ccccc13)C(CCl)C=N2. The van der Waals surface area contributed by atoms with Crippen LogP contribution >= 0.6 is 11.6 Å². The van der Waals surface area contributed by atoms with E-state index in [9.17, 15) is 5.11 Å². The van der Waals surface area contributed by atoms with E-state index in [4.69, 9.17) is 11.6 Å². The van der Waals surface area contributed by atoms with Crippen LogP contribution in [0.3, 0.4) is 0 Å². The summed E-state index contributed by atoms with van der Waals surface area (Å²) in [7, 11) is 0. The predicted molar refractivity (Wildman–Crippen MR) is 67.2 cm³/mol. The first-order valence-corrected chi connectivity index (χ1v) is 5.69. The van der Waals surface area contributed by atoms with Crippen molar-refractivity contribution in [2.24, 2.45) is 4.99 Å². The molecular weight excluding hydrogens is 222 g/mol. The van der Waals surface area contributed by atoms with E-state index in [2.05, 4.69) is 4.99 Å². The molecule has 2 aromatic rings. The highest BCUT2D eigenvalue weighted by Gasteiger charge is 2.22. The van der Waals surface area contributed by atoms with E-state index < -0.39 is 0 Å². The minimum absolute atomic E-state index is 0.155. The normalized spacial score (nSPS) is 17.9. The number of aliphatic imine (C=N–C) groups is 1. The molecule has 0 saturated carbocycles. The minimum atomic E-state index is 0.155. The van der Waals surface area contributed by atoms with Crippen LogP contribution in [0.25, 0.3) is 10.8 Å². The van der Waals surface area contributed by atoms with Gasteiger partial charge in [0.25, 0.3) is 0 Å². The summed E-state index contributed by atoms with van der Waals surface area (Å²) in [6, 6.07) is 9.50. The highest BCUT2D eigenvalue weighted by atomic mass is 35.5. The van der Waals surface area contributed by atoms with Gasteiger partial charge in [-0.3, -0.25) is 4.99 Å². The molecule has 3 rings (SSSR count). The zero-order valence-corrected chi connectivity index (χ0v) is 9.28. The molecule has 0 spiro atoms. The molecule has 0 aliphatic carbocycles. The smallest absolute Gasteiger partial charge is 0.125 e. The summed E-state index contributed by atoms with van der Waals surface area (Å²) in [6.07, 6.45) is 1.85. The van der Waals surface area contributed by atoms with Gasteiger partial charge in [0.15, 0.2) is 0 Å². The molecule has 1 aliphatic heterocycles. The van der Waals surface area contributed by atoms with Gasteiger partial charge >= 0.3 is 0 Å². The summed E-state index contributed by atoms with van der Waals surface area (Å²) in [5.74, 6) is 0.953. The number of alkyl halides is 1. The average molecular weight is 232 g/mol. The lowest BCUT2D eigenvalue weighted by atomic mass is 9.95. The van der Waals surface area contributed by atoms with Crippen molar-refractivity contribution >= 4 is 34.3 Å². The Balaban J connectivity index is 2.40. The molecule has 80 valence electrons. The van der Waals surface area contributed by atoms with Crippen molar-refractivity contribution in [2.45, 2.75) is 5.92 Å². The van der Waals surface area contributed by atoms with E-state index in [1.807, 2.05) is 30.5 Å². The Kier molecular flexibility index (Phi) is 2.11. The molecule has 1 heterocycles. The minimum Gasteiger partial charge on any atom is -0.507 e. The standard InChI is InChI=1S/C13H10ClNO/c14-6-8-7-15-11-5-12(16)9-3-1-2-4-10(9)13(8)11/h1-5,7-8,16H,6H2. The lowest BCUT2D eigenvalue weighted by molar-refractivity contribution is 0.482. The van der Waals surface area contributed by atoms with E-state index in [1.165, 1.54) is 0 Å². The lowest BCUT2D eigenvalue weighted by Crippen LogP contribution is -1.98. The Morgan fingerprint density at radius 3 is 2.75 bits per heavy atom. The van der Waals surface area contributed by atoms with Crippen molar-refractivity contribution in [1.82, 2.24) is 0 Å². The molecule has 0 amide bonds. The number of phenolic OH excluding ortho intramolecular Hbond substituents is 1. The topological polar surface area (TPSA) is 32.6 Å². The van der Waals surface area contributed by atoms with Gasteiger partial charge in [-0.25, -0.2) is 0 Å². The number of fused-ring (bicyclic) bond motifs is 3. The fourth-order valence-corrected chi connectivity index (χ4v) is 2.46. The molecule has 0 radical (unpaired) electrons. The van der Waals surface area contributed by atoms with Crippen LogP contribution in [0, 0.1) is 0 Å². The quantitative estimate of drug-likeness (QED) is 0.748. The second-order valence-corrected chi connectivity index (χ2v) is 4.22. The fourth-order valence-electron chi connectivity index (χ4n) is 2.22. The molecule has 0 fully saturated rings. The third-order valence-electron chi connectivity index (χ3n) is 2.97. The molecule has 1 unspecified atom stereocenters. The predicted octanol–water partition coefficient (Wildman–Crippen LogP) is 3.58. The summed E-state index contributed by atoms with van der Waals surface area (Å²) in [5, 5.41) is 11.8. The maximum atomic E-state index is 9.89. The van der Waals surface area contributed by atoms with Crippen LogP contribution in [0.2, 0.25) is 0 Å². The van der Waals surface area contributed by atoms with Crippen LogP contribution in [0.15, 0.2) is 35.3 Å². The van der Waals surface area contributed by atoms with E-state index in [-0.39, 0.29) is 11.7 Å². The highest BCUT2D eigenvalue weighted by Crippen LogP contribution is 2.42. The first-order valence-electron chi connectivity index (χ1n) is 5.16. The summed E-state index contributed by atoms with van der Waals surface area (Å²) in [5.41, 5.74) is 1.96. The molecular formula is C13H10ClNO. The molecule has 1 N–H and O–H groups in total. The molecule has 16 heavy (non-hydrogen) atoms. The van der Waals surface area contributed by atoms with Gasteiger partial charge in [0.2, 0.25) is 0 Å². The number of benzene rings is 2. The molecule has 2 aromatic carbocycles. The number of rotatable bonds is 1.